The van der Waals surface area contributed by atoms with Gasteiger partial charge < -0.3 is 14.5 Å². The molecule has 1 aliphatic rings. The van der Waals surface area contributed by atoms with Crippen LogP contribution >= 0.6 is 22.6 Å². The Morgan fingerprint density at radius 2 is 2.06 bits per heavy atom. The number of halogens is 1. The maximum atomic E-state index is 12.9. The zero-order valence-corrected chi connectivity index (χ0v) is 20.3. The van der Waals surface area contributed by atoms with Crippen molar-refractivity contribution < 1.29 is 22.4 Å². The van der Waals surface area contributed by atoms with E-state index in [1.165, 1.54) is 12.3 Å². The van der Waals surface area contributed by atoms with Crippen LogP contribution < -0.4 is 10.1 Å². The third-order valence-corrected chi connectivity index (χ3v) is 7.06. The number of nitrogens with one attached hydrogen (secondary N) is 1. The summed E-state index contributed by atoms with van der Waals surface area (Å²) in [6.45, 7) is 1.95. The number of methoxy groups -OCH3 is 1. The molecule has 0 radical (unpaired) electrons. The largest absolute Gasteiger partial charge is 0.497 e. The molecule has 0 aliphatic carbocycles. The lowest BCUT2D eigenvalue weighted by Crippen LogP contribution is -2.29. The Balaban J connectivity index is 1.58. The molecule has 0 saturated carbocycles. The van der Waals surface area contributed by atoms with Crippen LogP contribution in [0.1, 0.15) is 35.8 Å². The van der Waals surface area contributed by atoms with Gasteiger partial charge in [0.25, 0.3) is 10.0 Å². The number of Topliss-reactive ketones (excluding diaryl/α,β-unsaturated/α-hetero) is 1. The molecule has 0 amide bonds. The fourth-order valence-corrected chi connectivity index (χ4v) is 5.44. The molecule has 2 aromatic carbocycles. The number of carbonyl (C=O) groups excluding carboxylic acids is 1. The van der Waals surface area contributed by atoms with Gasteiger partial charge in [-0.05, 0) is 77.4 Å². The molecule has 8 nitrogen and oxygen atoms in total. The second kappa shape index (κ2) is 9.02. The third-order valence-electron chi connectivity index (χ3n) is 5.07. The van der Waals surface area contributed by atoms with Crippen molar-refractivity contribution in [3.8, 4) is 5.75 Å². The van der Waals surface area contributed by atoms with Crippen LogP contribution in [0.4, 0.5) is 5.69 Å². The summed E-state index contributed by atoms with van der Waals surface area (Å²) >= 11 is 2.03. The lowest BCUT2D eigenvalue weighted by Gasteiger charge is -2.19. The quantitative estimate of drug-likeness (QED) is 0.426. The summed E-state index contributed by atoms with van der Waals surface area (Å²) in [6.07, 6.45) is 3.43. The molecule has 0 fully saturated rings. The van der Waals surface area contributed by atoms with Crippen LogP contribution in [0.15, 0.2) is 62.6 Å². The average molecular weight is 565 g/mol. The number of fused-ring (bicyclic) bond motifs is 1. The zero-order valence-electron chi connectivity index (χ0n) is 17.3. The minimum absolute atomic E-state index is 0.0460. The number of benzene rings is 2. The summed E-state index contributed by atoms with van der Waals surface area (Å²) in [5, 5.41) is 2.86. The number of oxazole rings is 1. The Labute approximate surface area is 199 Å². The Bertz CT molecular complexity index is 1300. The van der Waals surface area contributed by atoms with E-state index in [0.717, 1.165) is 14.7 Å². The van der Waals surface area contributed by atoms with Gasteiger partial charge in [-0.3, -0.25) is 4.79 Å². The van der Waals surface area contributed by atoms with E-state index in [4.69, 9.17) is 9.15 Å². The van der Waals surface area contributed by atoms with Gasteiger partial charge in [0.1, 0.15) is 16.9 Å². The molecule has 1 aromatic heterocycles. The minimum Gasteiger partial charge on any atom is -0.497 e. The summed E-state index contributed by atoms with van der Waals surface area (Å²) in [4.78, 5) is 17.3. The fraction of sp³-hybridized carbons (Fsp3) is 0.227. The van der Waals surface area contributed by atoms with E-state index in [9.17, 15) is 13.2 Å². The van der Waals surface area contributed by atoms with Crippen molar-refractivity contribution in [1.82, 2.24) is 4.98 Å². The lowest BCUT2D eigenvalue weighted by atomic mass is 9.91. The first-order valence-electron chi connectivity index (χ1n) is 9.76. The molecular weight excluding hydrogens is 545 g/mol. The summed E-state index contributed by atoms with van der Waals surface area (Å²) in [5.74, 6) is 0.258. The summed E-state index contributed by atoms with van der Waals surface area (Å²) in [6, 6.07) is 10.7. The van der Waals surface area contributed by atoms with Gasteiger partial charge >= 0.3 is 0 Å². The number of anilines is 1. The molecule has 166 valence electrons. The number of aryl methyl sites for hydroxylation is 1. The van der Waals surface area contributed by atoms with Crippen molar-refractivity contribution in [3.05, 3.63) is 69.4 Å². The highest BCUT2D eigenvalue weighted by Gasteiger charge is 2.29. The second-order valence-electron chi connectivity index (χ2n) is 7.35. The normalized spacial score (nSPS) is 15.3. The van der Waals surface area contributed by atoms with Crippen LogP contribution in [0.5, 0.6) is 5.75 Å². The van der Waals surface area contributed by atoms with Crippen molar-refractivity contribution >= 4 is 49.9 Å². The van der Waals surface area contributed by atoms with E-state index in [0.29, 0.717) is 23.7 Å². The summed E-state index contributed by atoms with van der Waals surface area (Å²) in [5.41, 5.74) is 2.23. The number of nitrogens with zero attached hydrogens (tertiary/aromatic N) is 2. The molecule has 1 N–H and O–H groups in total. The molecule has 32 heavy (non-hydrogen) atoms. The topological polar surface area (TPSA) is 111 Å². The van der Waals surface area contributed by atoms with Crippen molar-refractivity contribution in [1.29, 1.82) is 0 Å². The van der Waals surface area contributed by atoms with E-state index >= 15 is 0 Å². The molecule has 1 atom stereocenters. The van der Waals surface area contributed by atoms with Gasteiger partial charge in [0.15, 0.2) is 11.6 Å². The highest BCUT2D eigenvalue weighted by molar-refractivity contribution is 14.1. The highest BCUT2D eigenvalue weighted by Crippen LogP contribution is 2.33. The van der Waals surface area contributed by atoms with Crippen molar-refractivity contribution in [3.63, 3.8) is 0 Å². The SMILES string of the molecule is COc1cc(C)cc(C(CCC(=O)C2=NS(=O)(=O)c3cc(I)ccc3N2)c2ncco2)c1. The second-order valence-corrected chi connectivity index (χ2v) is 10.2. The average Bonchev–Trinajstić information content (AvgIpc) is 3.28. The summed E-state index contributed by atoms with van der Waals surface area (Å²) < 4.78 is 40.5. The number of ether oxygens (including phenoxy) is 1. The first kappa shape index (κ1) is 22.5. The smallest absolute Gasteiger partial charge is 0.286 e. The predicted octanol–water partition coefficient (Wildman–Crippen LogP) is 4.29. The highest BCUT2D eigenvalue weighted by atomic mass is 127. The molecule has 1 aliphatic heterocycles. The molecular formula is C22H20IN3O5S. The Kier molecular flexibility index (Phi) is 6.33. The van der Waals surface area contributed by atoms with E-state index in [2.05, 4.69) is 14.7 Å². The molecule has 0 saturated heterocycles. The first-order valence-corrected chi connectivity index (χ1v) is 12.3. The summed E-state index contributed by atoms with van der Waals surface area (Å²) in [7, 11) is -2.36. The van der Waals surface area contributed by atoms with Gasteiger partial charge in [0, 0.05) is 9.99 Å². The number of aromatic nitrogens is 1. The van der Waals surface area contributed by atoms with E-state index in [-0.39, 0.29) is 23.1 Å². The zero-order chi connectivity index (χ0) is 22.9. The van der Waals surface area contributed by atoms with Gasteiger partial charge in [-0.1, -0.05) is 6.07 Å². The van der Waals surface area contributed by atoms with Crippen LogP contribution in [0, 0.1) is 10.5 Å². The molecule has 2 heterocycles. The number of rotatable bonds is 7. The first-order chi connectivity index (χ1) is 15.3. The molecule has 4 rings (SSSR count). The van der Waals surface area contributed by atoms with Gasteiger partial charge in [0.05, 0.1) is 24.9 Å². The monoisotopic (exact) mass is 565 g/mol. The van der Waals surface area contributed by atoms with Crippen molar-refractivity contribution in [2.75, 3.05) is 12.4 Å². The minimum atomic E-state index is -3.95. The fourth-order valence-electron chi connectivity index (χ4n) is 3.58. The Morgan fingerprint density at radius 1 is 1.25 bits per heavy atom. The van der Waals surface area contributed by atoms with Gasteiger partial charge in [-0.2, -0.15) is 8.42 Å². The maximum Gasteiger partial charge on any atom is 0.286 e. The maximum absolute atomic E-state index is 12.9. The molecule has 0 spiro atoms. The number of ketones is 1. The Hall–Kier alpha value is -2.73. The third kappa shape index (κ3) is 4.70. The van der Waals surface area contributed by atoms with Crippen LogP contribution in [0.2, 0.25) is 0 Å². The number of hydrogen-bond donors (Lipinski definition) is 1. The predicted molar refractivity (Wildman–Crippen MR) is 128 cm³/mol. The standard InChI is InChI=1S/C22H20IN3O5S/c1-13-9-14(11-16(10-13)30-2)17(22-24-7-8-31-22)4-6-19(27)21-25-18-5-3-15(23)12-20(18)32(28,29)26-21/h3,5,7-12,17H,4,6H2,1-2H3,(H,25,26). The number of carbonyl (C=O) groups is 1. The van der Waals surface area contributed by atoms with E-state index in [1.807, 2.05) is 47.7 Å². The van der Waals surface area contributed by atoms with Crippen LogP contribution in [0.3, 0.4) is 0 Å². The number of amidine groups is 1. The van der Waals surface area contributed by atoms with Gasteiger partial charge in [-0.15, -0.1) is 4.40 Å². The van der Waals surface area contributed by atoms with E-state index < -0.39 is 15.8 Å². The number of hydrogen-bond acceptors (Lipinski definition) is 7. The van der Waals surface area contributed by atoms with Crippen LogP contribution in [-0.4, -0.2) is 32.1 Å². The molecule has 1 unspecified atom stereocenters. The molecule has 10 heteroatoms. The van der Waals surface area contributed by atoms with Gasteiger partial charge in [0.2, 0.25) is 5.89 Å². The molecule has 3 aromatic rings. The van der Waals surface area contributed by atoms with E-state index in [1.54, 1.807) is 25.4 Å². The number of sulfonamides is 1. The van der Waals surface area contributed by atoms with Crippen LogP contribution in [0.25, 0.3) is 0 Å². The van der Waals surface area contributed by atoms with Crippen molar-refractivity contribution in [2.45, 2.75) is 30.6 Å². The van der Waals surface area contributed by atoms with Gasteiger partial charge in [-0.25, -0.2) is 4.98 Å². The Morgan fingerprint density at radius 3 is 2.78 bits per heavy atom. The lowest BCUT2D eigenvalue weighted by molar-refractivity contribution is -0.113. The van der Waals surface area contributed by atoms with Crippen LogP contribution in [-0.2, 0) is 14.8 Å². The molecule has 0 bridgehead atoms. The van der Waals surface area contributed by atoms with Crippen molar-refractivity contribution in [2.24, 2.45) is 4.40 Å².